The Labute approximate surface area is 171 Å². The molecule has 1 saturated carbocycles. The molecule has 2 aliphatic heterocycles. The maximum absolute atomic E-state index is 13.4. The Morgan fingerprint density at radius 2 is 1.86 bits per heavy atom. The molecule has 160 valence electrons. The minimum absolute atomic E-state index is 0.0298. The van der Waals surface area contributed by atoms with Crippen molar-refractivity contribution < 1.29 is 9.18 Å². The third kappa shape index (κ3) is 6.03. The van der Waals surface area contributed by atoms with E-state index in [4.69, 9.17) is 4.99 Å². The zero-order valence-electron chi connectivity index (χ0n) is 17.1. The molecule has 0 bridgehead atoms. The Morgan fingerprint density at radius 1 is 1.14 bits per heavy atom. The quantitative estimate of drug-likeness (QED) is 0.233. The van der Waals surface area contributed by atoms with E-state index in [0.29, 0.717) is 24.7 Å². The lowest BCUT2D eigenvalue weighted by atomic mass is 9.82. The smallest absolute Gasteiger partial charge is 0.242 e. The fourth-order valence-electron chi connectivity index (χ4n) is 3.88. The summed E-state index contributed by atoms with van der Waals surface area (Å²) in [6.07, 6.45) is 3.19. The van der Waals surface area contributed by atoms with Gasteiger partial charge in [0.2, 0.25) is 5.91 Å². The highest BCUT2D eigenvalue weighted by molar-refractivity contribution is 7.99. The SMILES string of the molecule is CC1NNSC1C(=O)N/C(=N/C1CC(C2CCC(F)CC2)NN1)NC(C)(C)C. The zero-order valence-corrected chi connectivity index (χ0v) is 18.0. The van der Waals surface area contributed by atoms with E-state index in [1.165, 1.54) is 11.9 Å². The zero-order chi connectivity index (χ0) is 20.3. The molecule has 0 radical (unpaired) electrons. The number of nitrogens with zero attached hydrogens (tertiary/aromatic N) is 1. The molecule has 1 aliphatic carbocycles. The fraction of sp³-hybridized carbons (Fsp3) is 0.889. The standard InChI is InChI=1S/C18H34FN7OS/c1-10-15(28-26-23-10)16(27)21-17(22-18(2,3)4)20-14-9-13(24-25-14)11-5-7-12(19)8-6-11/h10-15,23-26H,5-9H2,1-4H3,(H2,20,21,22,27). The van der Waals surface area contributed by atoms with Crippen molar-refractivity contribution in [2.24, 2.45) is 10.9 Å². The van der Waals surface area contributed by atoms with Crippen LogP contribution in [0.2, 0.25) is 0 Å². The van der Waals surface area contributed by atoms with Gasteiger partial charge in [0.1, 0.15) is 17.6 Å². The Balaban J connectivity index is 1.61. The van der Waals surface area contributed by atoms with E-state index in [9.17, 15) is 9.18 Å². The summed E-state index contributed by atoms with van der Waals surface area (Å²) < 4.78 is 13.4. The maximum atomic E-state index is 13.4. The number of nitrogens with one attached hydrogen (secondary N) is 6. The first-order valence-corrected chi connectivity index (χ1v) is 11.1. The molecule has 0 aromatic carbocycles. The maximum Gasteiger partial charge on any atom is 0.242 e. The van der Waals surface area contributed by atoms with Crippen molar-refractivity contribution in [3.8, 4) is 0 Å². The number of carbonyl (C=O) groups excluding carboxylic acids is 1. The van der Waals surface area contributed by atoms with E-state index < -0.39 is 6.17 Å². The van der Waals surface area contributed by atoms with Gasteiger partial charge in [0.25, 0.3) is 0 Å². The molecule has 28 heavy (non-hydrogen) atoms. The monoisotopic (exact) mass is 415 g/mol. The number of guanidine groups is 1. The number of halogens is 1. The average Bonchev–Trinajstić information content (AvgIpc) is 3.23. The minimum atomic E-state index is -0.642. The highest BCUT2D eigenvalue weighted by Gasteiger charge is 2.35. The molecule has 3 fully saturated rings. The van der Waals surface area contributed by atoms with Crippen LogP contribution in [0.4, 0.5) is 4.39 Å². The topological polar surface area (TPSA) is 102 Å². The molecule has 0 spiro atoms. The average molecular weight is 416 g/mol. The van der Waals surface area contributed by atoms with E-state index >= 15 is 0 Å². The summed E-state index contributed by atoms with van der Waals surface area (Å²) >= 11 is 1.37. The molecule has 1 amide bonds. The van der Waals surface area contributed by atoms with Gasteiger partial charge in [0.15, 0.2) is 5.96 Å². The van der Waals surface area contributed by atoms with Crippen LogP contribution in [0, 0.1) is 5.92 Å². The second kappa shape index (κ2) is 9.25. The summed E-state index contributed by atoms with van der Waals surface area (Å²) in [5.74, 6) is 0.861. The van der Waals surface area contributed by atoms with Gasteiger partial charge >= 0.3 is 0 Å². The molecule has 4 atom stereocenters. The van der Waals surface area contributed by atoms with Crippen LogP contribution in [-0.2, 0) is 4.79 Å². The summed E-state index contributed by atoms with van der Waals surface area (Å²) in [5.41, 5.74) is 9.36. The molecule has 6 N–H and O–H groups in total. The van der Waals surface area contributed by atoms with Crippen molar-refractivity contribution in [3.63, 3.8) is 0 Å². The van der Waals surface area contributed by atoms with Gasteiger partial charge in [-0.2, -0.15) is 0 Å². The highest BCUT2D eigenvalue weighted by atomic mass is 32.2. The summed E-state index contributed by atoms with van der Waals surface area (Å²) in [4.78, 5) is 20.3. The van der Waals surface area contributed by atoms with Crippen molar-refractivity contribution in [2.45, 2.75) is 95.0 Å². The van der Waals surface area contributed by atoms with E-state index in [-0.39, 0.29) is 34.9 Å². The molecule has 2 saturated heterocycles. The molecule has 3 rings (SSSR count). The summed E-state index contributed by atoms with van der Waals surface area (Å²) in [6.45, 7) is 8.06. The normalized spacial score (nSPS) is 37.1. The summed E-state index contributed by atoms with van der Waals surface area (Å²) in [5, 5.41) is 6.03. The summed E-state index contributed by atoms with van der Waals surface area (Å²) in [7, 11) is 0. The van der Waals surface area contributed by atoms with Crippen molar-refractivity contribution in [1.82, 2.24) is 31.7 Å². The first kappa shape index (κ1) is 21.8. The number of hydrogen-bond donors (Lipinski definition) is 6. The van der Waals surface area contributed by atoms with Crippen molar-refractivity contribution in [2.75, 3.05) is 0 Å². The molecule has 0 aromatic heterocycles. The lowest BCUT2D eigenvalue weighted by molar-refractivity contribution is -0.119. The lowest BCUT2D eigenvalue weighted by Gasteiger charge is -2.28. The Morgan fingerprint density at radius 3 is 2.46 bits per heavy atom. The van der Waals surface area contributed by atoms with Gasteiger partial charge in [-0.25, -0.2) is 25.1 Å². The lowest BCUT2D eigenvalue weighted by Crippen LogP contribution is -2.53. The second-order valence-electron chi connectivity index (χ2n) is 9.07. The van der Waals surface area contributed by atoms with Gasteiger partial charge in [-0.15, -0.1) is 0 Å². The van der Waals surface area contributed by atoms with Crippen molar-refractivity contribution in [1.29, 1.82) is 0 Å². The molecule has 10 heteroatoms. The van der Waals surface area contributed by atoms with Crippen LogP contribution in [0.5, 0.6) is 0 Å². The van der Waals surface area contributed by atoms with Gasteiger partial charge < -0.3 is 5.32 Å². The van der Waals surface area contributed by atoms with Crippen LogP contribution in [-0.4, -0.2) is 47.1 Å². The second-order valence-corrected chi connectivity index (χ2v) is 10.0. The number of hydrogen-bond acceptors (Lipinski definition) is 7. The Kier molecular flexibility index (Phi) is 7.19. The Hall–Kier alpha value is -0.940. The van der Waals surface area contributed by atoms with Crippen LogP contribution < -0.4 is 31.7 Å². The van der Waals surface area contributed by atoms with Crippen LogP contribution >= 0.6 is 11.9 Å². The van der Waals surface area contributed by atoms with Crippen LogP contribution in [0.25, 0.3) is 0 Å². The molecule has 8 nitrogen and oxygen atoms in total. The summed E-state index contributed by atoms with van der Waals surface area (Å²) in [6, 6.07) is 0.314. The fourth-order valence-corrected chi connectivity index (χ4v) is 4.70. The van der Waals surface area contributed by atoms with Crippen LogP contribution in [0.3, 0.4) is 0 Å². The largest absolute Gasteiger partial charge is 0.351 e. The molecule has 0 aromatic rings. The van der Waals surface area contributed by atoms with Crippen molar-refractivity contribution in [3.05, 3.63) is 0 Å². The number of hydrazine groups is 2. The Bertz CT molecular complexity index is 577. The van der Waals surface area contributed by atoms with Crippen LogP contribution in [0.15, 0.2) is 4.99 Å². The van der Waals surface area contributed by atoms with Gasteiger partial charge in [0.05, 0.1) is 0 Å². The molecule has 4 unspecified atom stereocenters. The third-order valence-electron chi connectivity index (χ3n) is 5.39. The molecule has 2 heterocycles. The number of alkyl halides is 1. The predicted octanol–water partition coefficient (Wildman–Crippen LogP) is 1.08. The number of carbonyl (C=O) groups is 1. The molecular weight excluding hydrogens is 381 g/mol. The first-order valence-electron chi connectivity index (χ1n) is 10.2. The van der Waals surface area contributed by atoms with Gasteiger partial charge in [-0.3, -0.25) is 15.5 Å². The van der Waals surface area contributed by atoms with Crippen molar-refractivity contribution >= 4 is 23.8 Å². The van der Waals surface area contributed by atoms with Gasteiger partial charge in [-0.1, -0.05) is 11.9 Å². The predicted molar refractivity (Wildman–Crippen MR) is 111 cm³/mol. The van der Waals surface area contributed by atoms with E-state index in [1.54, 1.807) is 0 Å². The number of amides is 1. The number of aliphatic imine (C=N–C) groups is 1. The molecular formula is C18H34FN7OS. The number of rotatable bonds is 3. The van der Waals surface area contributed by atoms with E-state index in [2.05, 4.69) is 31.7 Å². The van der Waals surface area contributed by atoms with Gasteiger partial charge in [0, 0.05) is 24.0 Å². The van der Waals surface area contributed by atoms with Crippen LogP contribution in [0.1, 0.15) is 59.8 Å². The first-order chi connectivity index (χ1) is 13.2. The van der Waals surface area contributed by atoms with E-state index in [1.807, 2.05) is 27.7 Å². The molecule has 3 aliphatic rings. The van der Waals surface area contributed by atoms with E-state index in [0.717, 1.165) is 19.3 Å². The third-order valence-corrected chi connectivity index (χ3v) is 6.50. The highest BCUT2D eigenvalue weighted by Crippen LogP contribution is 2.31. The minimum Gasteiger partial charge on any atom is -0.351 e. The van der Waals surface area contributed by atoms with Gasteiger partial charge in [-0.05, 0) is 59.3 Å².